The minimum Gasteiger partial charge on any atom is -0.482 e. The first-order valence-corrected chi connectivity index (χ1v) is 23.3. The molecule has 0 bridgehead atoms. The highest BCUT2D eigenvalue weighted by atomic mass is 16.5. The van der Waals surface area contributed by atoms with Crippen LogP contribution >= 0.6 is 0 Å². The van der Waals surface area contributed by atoms with E-state index in [2.05, 4.69) is 47.2 Å². The molecule has 0 spiro atoms. The average molecular weight is 944 g/mol. The largest absolute Gasteiger partial charge is 0.482 e. The number of carboxylic acid groups (broad SMARTS) is 1. The number of carbonyl (C=O) groups excluding carboxylic acids is 5. The molecular formula is C52H65N9O8. The molecule has 0 aliphatic carbocycles. The number of aryl methyl sites for hydroxylation is 1. The normalized spacial score (nSPS) is 13.8. The van der Waals surface area contributed by atoms with Gasteiger partial charge in [-0.1, -0.05) is 136 Å². The zero-order valence-electron chi connectivity index (χ0n) is 40.3. The van der Waals surface area contributed by atoms with Crippen LogP contribution in [0.4, 0.5) is 0 Å². The molecule has 0 saturated heterocycles. The van der Waals surface area contributed by atoms with Crippen molar-refractivity contribution in [3.05, 3.63) is 131 Å². The maximum atomic E-state index is 14.6. The number of carboxylic acids is 1. The van der Waals surface area contributed by atoms with Crippen LogP contribution in [0.1, 0.15) is 76.0 Å². The Balaban J connectivity index is 1.36. The molecule has 1 aromatic heterocycles. The molecule has 0 aliphatic heterocycles. The molecule has 69 heavy (non-hydrogen) atoms. The summed E-state index contributed by atoms with van der Waals surface area (Å²) in [6.07, 6.45) is 0.559. The number of carbonyl (C=O) groups is 6. The number of ether oxygens (including phenoxy) is 1. The van der Waals surface area contributed by atoms with Crippen molar-refractivity contribution in [2.45, 2.75) is 111 Å². The lowest BCUT2D eigenvalue weighted by molar-refractivity contribution is -0.139. The number of tetrazole rings is 1. The van der Waals surface area contributed by atoms with Gasteiger partial charge in [0.25, 0.3) is 0 Å². The van der Waals surface area contributed by atoms with Gasteiger partial charge in [0.15, 0.2) is 12.4 Å². The third-order valence-electron chi connectivity index (χ3n) is 11.7. The second-order valence-corrected chi connectivity index (χ2v) is 18.3. The molecule has 4 aromatic carbocycles. The van der Waals surface area contributed by atoms with Gasteiger partial charge >= 0.3 is 5.97 Å². The quantitative estimate of drug-likeness (QED) is 0.0423. The van der Waals surface area contributed by atoms with E-state index in [4.69, 9.17) is 9.84 Å². The third-order valence-corrected chi connectivity index (χ3v) is 11.7. The molecule has 5 rings (SSSR count). The van der Waals surface area contributed by atoms with Crippen LogP contribution in [0.5, 0.6) is 5.75 Å². The van der Waals surface area contributed by atoms with E-state index in [1.54, 1.807) is 31.2 Å². The Kier molecular flexibility index (Phi) is 19.5. The van der Waals surface area contributed by atoms with Gasteiger partial charge in [-0.3, -0.25) is 24.0 Å². The summed E-state index contributed by atoms with van der Waals surface area (Å²) < 4.78 is 5.21. The van der Waals surface area contributed by atoms with Crippen molar-refractivity contribution in [3.8, 4) is 16.9 Å². The summed E-state index contributed by atoms with van der Waals surface area (Å²) in [6, 6.07) is 27.1. The molecule has 0 aliphatic rings. The molecule has 17 heteroatoms. The zero-order valence-corrected chi connectivity index (χ0v) is 40.3. The van der Waals surface area contributed by atoms with Crippen molar-refractivity contribution in [1.82, 2.24) is 47.2 Å². The number of hydrogen-bond donors (Lipinski definition) is 7. The highest BCUT2D eigenvalue weighted by molar-refractivity contribution is 5.96. The summed E-state index contributed by atoms with van der Waals surface area (Å²) in [7, 11) is 0. The number of nitrogens with one attached hydrogen (secondary N) is 6. The van der Waals surface area contributed by atoms with Gasteiger partial charge in [0.1, 0.15) is 29.9 Å². The summed E-state index contributed by atoms with van der Waals surface area (Å²) in [6.45, 7) is 12.8. The standard InChI is InChI=1S/C52H65N9O8/c1-31(2)24-42(50(66)56-43(49(65)53-35(7)32(3)4)27-37-16-20-40(21-17-37)39-14-9-8-10-15-39)55-51(67)44(28-38-13-11-12-33(5)25-38)57-52(68)45(29-46-58-60-61-59-46)54-48(64)34(6)26-36-18-22-41(23-19-36)69-30-47(62)63/h8-23,25,31-32,34-35,42-45H,24,26-30H2,1-7H3,(H,53,65)(H,54,64)(H,55,67)(H,56,66)(H,57,68)(H,62,63)(H,58,59,60,61)/t34-,35+,42-,43-,44-,45-/m0/s1. The minimum atomic E-state index is -1.25. The van der Waals surface area contributed by atoms with Crippen LogP contribution in [0.25, 0.3) is 11.1 Å². The molecule has 0 radical (unpaired) electrons. The number of aliphatic carboxylic acids is 1. The van der Waals surface area contributed by atoms with Crippen molar-refractivity contribution in [2.75, 3.05) is 6.61 Å². The van der Waals surface area contributed by atoms with Gasteiger partial charge in [-0.15, -0.1) is 10.2 Å². The highest BCUT2D eigenvalue weighted by Crippen LogP contribution is 2.21. The maximum absolute atomic E-state index is 14.6. The molecule has 5 aromatic rings. The van der Waals surface area contributed by atoms with E-state index in [1.807, 2.05) is 120 Å². The lowest BCUT2D eigenvalue weighted by Crippen LogP contribution is -2.59. The second kappa shape index (κ2) is 25.6. The average Bonchev–Trinajstić information content (AvgIpc) is 3.84. The Morgan fingerprint density at radius 1 is 0.580 bits per heavy atom. The highest BCUT2D eigenvalue weighted by Gasteiger charge is 2.33. The van der Waals surface area contributed by atoms with E-state index in [0.29, 0.717) is 5.75 Å². The van der Waals surface area contributed by atoms with E-state index in [0.717, 1.165) is 33.4 Å². The summed E-state index contributed by atoms with van der Waals surface area (Å²) in [5, 5.41) is 37.4. The van der Waals surface area contributed by atoms with Crippen molar-refractivity contribution in [2.24, 2.45) is 17.8 Å². The van der Waals surface area contributed by atoms with Gasteiger partial charge in [-0.2, -0.15) is 5.21 Å². The Morgan fingerprint density at radius 2 is 1.12 bits per heavy atom. The first-order chi connectivity index (χ1) is 32.9. The number of hydrogen-bond acceptors (Lipinski definition) is 10. The Labute approximate surface area is 403 Å². The van der Waals surface area contributed by atoms with Crippen molar-refractivity contribution >= 4 is 35.5 Å². The van der Waals surface area contributed by atoms with Crippen LogP contribution in [-0.2, 0) is 54.5 Å². The molecule has 5 amide bonds. The number of benzene rings is 4. The van der Waals surface area contributed by atoms with Gasteiger partial charge < -0.3 is 36.4 Å². The van der Waals surface area contributed by atoms with Crippen LogP contribution in [0.3, 0.4) is 0 Å². The molecule has 0 fully saturated rings. The van der Waals surface area contributed by atoms with Crippen LogP contribution in [0.15, 0.2) is 103 Å². The fourth-order valence-corrected chi connectivity index (χ4v) is 7.49. The number of nitrogens with zero attached hydrogens (tertiary/aromatic N) is 3. The number of rotatable bonds is 25. The molecule has 0 unspecified atom stereocenters. The molecule has 7 N–H and O–H groups in total. The fourth-order valence-electron chi connectivity index (χ4n) is 7.49. The minimum absolute atomic E-state index is 0.0395. The number of H-pyrrole nitrogens is 1. The van der Waals surface area contributed by atoms with Crippen LogP contribution in [0, 0.1) is 24.7 Å². The molecule has 6 atom stereocenters. The first kappa shape index (κ1) is 52.5. The van der Waals surface area contributed by atoms with Crippen molar-refractivity contribution in [3.63, 3.8) is 0 Å². The predicted octanol–water partition coefficient (Wildman–Crippen LogP) is 4.69. The monoisotopic (exact) mass is 943 g/mol. The number of aromatic nitrogens is 4. The predicted molar refractivity (Wildman–Crippen MR) is 260 cm³/mol. The number of amides is 5. The van der Waals surface area contributed by atoms with Gasteiger partial charge in [-0.05, 0) is 78.5 Å². The molecular weight excluding hydrogens is 879 g/mol. The van der Waals surface area contributed by atoms with Crippen LogP contribution < -0.4 is 31.3 Å². The maximum Gasteiger partial charge on any atom is 0.341 e. The lowest BCUT2D eigenvalue weighted by Gasteiger charge is -2.28. The van der Waals surface area contributed by atoms with Gasteiger partial charge in [0.05, 0.1) is 0 Å². The molecule has 366 valence electrons. The Bertz CT molecular complexity index is 2460. The van der Waals surface area contributed by atoms with Gasteiger partial charge in [0.2, 0.25) is 29.5 Å². The summed E-state index contributed by atoms with van der Waals surface area (Å²) >= 11 is 0. The summed E-state index contributed by atoms with van der Waals surface area (Å²) in [5.41, 5.74) is 5.32. The summed E-state index contributed by atoms with van der Waals surface area (Å²) in [5.74, 6) is -3.91. The molecule has 0 saturated carbocycles. The third kappa shape index (κ3) is 17.0. The van der Waals surface area contributed by atoms with E-state index in [-0.39, 0.29) is 61.7 Å². The topological polar surface area (TPSA) is 246 Å². The van der Waals surface area contributed by atoms with E-state index < -0.39 is 66.3 Å². The Morgan fingerprint density at radius 3 is 1.70 bits per heavy atom. The molecule has 17 nitrogen and oxygen atoms in total. The lowest BCUT2D eigenvalue weighted by atomic mass is 9.98. The van der Waals surface area contributed by atoms with Crippen LogP contribution in [-0.4, -0.2) is 98.1 Å². The SMILES string of the molecule is Cc1cccc(C[C@H](NC(=O)[C@H](Cc2nn[nH]n2)NC(=O)[C@@H](C)Cc2ccc(OCC(=O)O)cc2)C(=O)N[C@@H](CC(C)C)C(=O)N[C@@H](Cc2ccc(-c3ccccc3)cc2)C(=O)N[C@H](C)C(C)C)c1. The number of aromatic amines is 1. The van der Waals surface area contributed by atoms with Crippen molar-refractivity contribution in [1.29, 1.82) is 0 Å². The van der Waals surface area contributed by atoms with E-state index in [9.17, 15) is 28.8 Å². The van der Waals surface area contributed by atoms with E-state index >= 15 is 0 Å². The second-order valence-electron chi connectivity index (χ2n) is 18.3. The van der Waals surface area contributed by atoms with E-state index in [1.165, 1.54) is 0 Å². The van der Waals surface area contributed by atoms with Crippen molar-refractivity contribution < 1.29 is 38.6 Å². The summed E-state index contributed by atoms with van der Waals surface area (Å²) in [4.78, 5) is 81.9. The van der Waals surface area contributed by atoms with Gasteiger partial charge in [0, 0.05) is 31.2 Å². The van der Waals surface area contributed by atoms with Gasteiger partial charge in [-0.25, -0.2) is 4.79 Å². The molecule has 1 heterocycles. The first-order valence-electron chi connectivity index (χ1n) is 23.3. The van der Waals surface area contributed by atoms with Crippen LogP contribution in [0.2, 0.25) is 0 Å². The zero-order chi connectivity index (χ0) is 50.0. The fraction of sp³-hybridized carbons (Fsp3) is 0.404. The smallest absolute Gasteiger partial charge is 0.341 e. The Hall–Kier alpha value is -7.43.